The van der Waals surface area contributed by atoms with Gasteiger partial charge in [0.1, 0.15) is 6.04 Å². The molecule has 0 fully saturated rings. The van der Waals surface area contributed by atoms with Crippen LogP contribution in [0, 0.1) is 0 Å². The Morgan fingerprint density at radius 1 is 0.918 bits per heavy atom. The topological polar surface area (TPSA) is 166 Å². The molecule has 3 rings (SSSR count). The number of likely N-dealkylation sites (N-methyl/N-ethyl adjacent to an activating group) is 1. The first-order valence-corrected chi connectivity index (χ1v) is 19.1. The van der Waals surface area contributed by atoms with Gasteiger partial charge in [0.2, 0.25) is 21.8 Å². The van der Waals surface area contributed by atoms with Gasteiger partial charge >= 0.3 is 0 Å². The third-order valence-electron chi connectivity index (χ3n) is 7.85. The Labute approximate surface area is 297 Å². The molecule has 3 aromatic rings. The van der Waals surface area contributed by atoms with Crippen molar-refractivity contribution in [1.82, 2.24) is 26.6 Å². The summed E-state index contributed by atoms with van der Waals surface area (Å²) in [5.41, 5.74) is 2.03. The second-order valence-electron chi connectivity index (χ2n) is 11.7. The highest BCUT2D eigenvalue weighted by Gasteiger charge is 2.24. The molecule has 266 valence electrons. The summed E-state index contributed by atoms with van der Waals surface area (Å²) in [6.07, 6.45) is 1.88. The molecule has 15 heteroatoms. The lowest BCUT2D eigenvalue weighted by molar-refractivity contribution is -0.129. The van der Waals surface area contributed by atoms with Gasteiger partial charge in [-0.25, -0.2) is 8.42 Å². The van der Waals surface area contributed by atoms with E-state index in [1.807, 2.05) is 29.8 Å². The van der Waals surface area contributed by atoms with E-state index in [-0.39, 0.29) is 35.2 Å². The summed E-state index contributed by atoms with van der Waals surface area (Å²) in [5, 5.41) is 18.9. The summed E-state index contributed by atoms with van der Waals surface area (Å²) < 4.78 is 25.9. The zero-order valence-electron chi connectivity index (χ0n) is 28.5. The van der Waals surface area contributed by atoms with Crippen LogP contribution in [0.2, 0.25) is 5.02 Å². The Bertz CT molecular complexity index is 1720. The molecule has 4 amide bonds. The third kappa shape index (κ3) is 11.8. The van der Waals surface area contributed by atoms with Gasteiger partial charge in [0.05, 0.1) is 24.0 Å². The van der Waals surface area contributed by atoms with Crippen molar-refractivity contribution in [2.24, 2.45) is 0 Å². The second-order valence-corrected chi connectivity index (χ2v) is 15.0. The van der Waals surface area contributed by atoms with Crippen molar-refractivity contribution >= 4 is 62.3 Å². The van der Waals surface area contributed by atoms with Gasteiger partial charge in [-0.1, -0.05) is 30.7 Å². The minimum atomic E-state index is -3.73. The molecule has 0 bridgehead atoms. The SMILES string of the molecule is CCNC(=O)[C@H](CC)NC(=O)[C@H](C)NC[C@H](Cc1ccsc1)NC(=O)c1cc(C(=O)N[C@H](C)c2cccc(Cl)c2)cc(N(C)S(C)(=O)=O)c1. The van der Waals surface area contributed by atoms with Crippen LogP contribution in [0.3, 0.4) is 0 Å². The van der Waals surface area contributed by atoms with Crippen LogP contribution in [-0.2, 0) is 26.0 Å². The fourth-order valence-electron chi connectivity index (χ4n) is 4.88. The third-order valence-corrected chi connectivity index (χ3v) is 10.0. The van der Waals surface area contributed by atoms with Crippen LogP contribution >= 0.6 is 22.9 Å². The minimum absolute atomic E-state index is 0.0717. The normalized spacial score (nSPS) is 13.8. The van der Waals surface area contributed by atoms with Crippen LogP contribution in [0.25, 0.3) is 0 Å². The molecule has 4 atom stereocenters. The van der Waals surface area contributed by atoms with Crippen LogP contribution in [0.1, 0.15) is 72.0 Å². The molecule has 0 saturated carbocycles. The number of hydrogen-bond donors (Lipinski definition) is 5. The molecule has 49 heavy (non-hydrogen) atoms. The van der Waals surface area contributed by atoms with E-state index in [4.69, 9.17) is 11.6 Å². The number of halogens is 1. The maximum atomic E-state index is 13.8. The molecule has 0 aliphatic carbocycles. The zero-order valence-corrected chi connectivity index (χ0v) is 30.9. The predicted octanol–water partition coefficient (Wildman–Crippen LogP) is 3.64. The summed E-state index contributed by atoms with van der Waals surface area (Å²) in [4.78, 5) is 52.5. The van der Waals surface area contributed by atoms with Crippen LogP contribution < -0.4 is 30.9 Å². The number of sulfonamides is 1. The van der Waals surface area contributed by atoms with E-state index < -0.39 is 46.0 Å². The first-order valence-electron chi connectivity index (χ1n) is 15.9. The first-order chi connectivity index (χ1) is 23.1. The number of nitrogens with one attached hydrogen (secondary N) is 5. The fraction of sp³-hybridized carbons (Fsp3) is 0.412. The largest absolute Gasteiger partial charge is 0.355 e. The summed E-state index contributed by atoms with van der Waals surface area (Å²) >= 11 is 7.64. The molecule has 2 aromatic carbocycles. The van der Waals surface area contributed by atoms with E-state index in [0.29, 0.717) is 24.4 Å². The summed E-state index contributed by atoms with van der Waals surface area (Å²) in [6, 6.07) is 10.9. The van der Waals surface area contributed by atoms with Crippen LogP contribution in [0.4, 0.5) is 5.69 Å². The van der Waals surface area contributed by atoms with Gasteiger partial charge in [-0.15, -0.1) is 0 Å². The molecule has 0 saturated heterocycles. The highest BCUT2D eigenvalue weighted by atomic mass is 35.5. The summed E-state index contributed by atoms with van der Waals surface area (Å²) in [7, 11) is -2.39. The van der Waals surface area contributed by atoms with Crippen molar-refractivity contribution in [3.05, 3.63) is 86.6 Å². The molecule has 1 heterocycles. The Balaban J connectivity index is 1.84. The standard InChI is InChI=1S/C34H45ClN6O6S2/c1-7-30(34(45)36-8-2)40-31(42)22(4)37-19-28(14-23-12-13-48-20-23)39-33(44)26-15-25(17-29(18-26)41(5)49(6,46)47)32(43)38-21(3)24-10-9-11-27(35)16-24/h9-13,15-18,20-22,28,30,37H,7-8,14,19H2,1-6H3,(H,36,45)(H,38,43)(H,39,44)(H,40,42)/t21-,22+,28+,30+/m1/s1. The molecule has 1 aromatic heterocycles. The van der Waals surface area contributed by atoms with Gasteiger partial charge in [-0.3, -0.25) is 23.5 Å². The zero-order chi connectivity index (χ0) is 36.3. The molecular weight excluding hydrogens is 688 g/mol. The molecule has 0 aliphatic rings. The lowest BCUT2D eigenvalue weighted by atomic mass is 10.0. The predicted molar refractivity (Wildman–Crippen MR) is 195 cm³/mol. The lowest BCUT2D eigenvalue weighted by Gasteiger charge is -2.24. The van der Waals surface area contributed by atoms with Crippen molar-refractivity contribution in [2.45, 2.75) is 64.7 Å². The molecule has 0 unspecified atom stereocenters. The van der Waals surface area contributed by atoms with Crippen LogP contribution in [0.15, 0.2) is 59.3 Å². The number of carbonyl (C=O) groups is 4. The number of hydrogen-bond acceptors (Lipinski definition) is 8. The number of amides is 4. The van der Waals surface area contributed by atoms with Crippen molar-refractivity contribution in [1.29, 1.82) is 0 Å². The van der Waals surface area contributed by atoms with Gasteiger partial charge < -0.3 is 26.6 Å². The number of rotatable bonds is 17. The van der Waals surface area contributed by atoms with Crippen molar-refractivity contribution < 1.29 is 27.6 Å². The number of anilines is 1. The molecule has 0 spiro atoms. The maximum absolute atomic E-state index is 13.8. The van der Waals surface area contributed by atoms with Crippen molar-refractivity contribution in [3.8, 4) is 0 Å². The van der Waals surface area contributed by atoms with Crippen LogP contribution in [0.5, 0.6) is 0 Å². The first kappa shape index (κ1) is 39.5. The van der Waals surface area contributed by atoms with Crippen LogP contribution in [-0.4, -0.2) is 76.6 Å². The van der Waals surface area contributed by atoms with Gasteiger partial charge in [0.15, 0.2) is 0 Å². The highest BCUT2D eigenvalue weighted by Crippen LogP contribution is 2.23. The van der Waals surface area contributed by atoms with Gasteiger partial charge in [0.25, 0.3) is 11.8 Å². The van der Waals surface area contributed by atoms with E-state index in [1.165, 1.54) is 36.6 Å². The molecule has 5 N–H and O–H groups in total. The monoisotopic (exact) mass is 732 g/mol. The smallest absolute Gasteiger partial charge is 0.251 e. The van der Waals surface area contributed by atoms with Crippen molar-refractivity contribution in [2.75, 3.05) is 30.7 Å². The van der Waals surface area contributed by atoms with E-state index in [9.17, 15) is 27.6 Å². The number of nitrogens with zero attached hydrogens (tertiary/aromatic N) is 1. The van der Waals surface area contributed by atoms with E-state index in [1.54, 1.807) is 39.0 Å². The quantitative estimate of drug-likeness (QED) is 0.141. The summed E-state index contributed by atoms with van der Waals surface area (Å²) in [5.74, 6) is -1.68. The van der Waals surface area contributed by atoms with E-state index in [0.717, 1.165) is 21.7 Å². The average Bonchev–Trinajstić information content (AvgIpc) is 3.57. The maximum Gasteiger partial charge on any atom is 0.251 e. The van der Waals surface area contributed by atoms with Crippen molar-refractivity contribution in [3.63, 3.8) is 0 Å². The van der Waals surface area contributed by atoms with E-state index >= 15 is 0 Å². The fourth-order valence-corrected chi connectivity index (χ4v) is 6.25. The number of thiophene rings is 1. The Morgan fingerprint density at radius 2 is 1.59 bits per heavy atom. The van der Waals surface area contributed by atoms with E-state index in [2.05, 4.69) is 26.6 Å². The summed E-state index contributed by atoms with van der Waals surface area (Å²) in [6.45, 7) is 7.71. The molecule has 12 nitrogen and oxygen atoms in total. The van der Waals surface area contributed by atoms with Gasteiger partial charge in [-0.05, 0) is 91.9 Å². The minimum Gasteiger partial charge on any atom is -0.355 e. The average molecular weight is 733 g/mol. The lowest BCUT2D eigenvalue weighted by Crippen LogP contribution is -2.53. The van der Waals surface area contributed by atoms with Gasteiger partial charge in [-0.2, -0.15) is 11.3 Å². The molecule has 0 aliphatic heterocycles. The highest BCUT2D eigenvalue weighted by molar-refractivity contribution is 7.92. The Kier molecular flexibility index (Phi) is 14.6. The van der Waals surface area contributed by atoms with Gasteiger partial charge in [0, 0.05) is 42.3 Å². The Morgan fingerprint density at radius 3 is 2.16 bits per heavy atom. The number of carbonyl (C=O) groups excluding carboxylic acids is 4. The second kappa shape index (κ2) is 18.1. The molecular formula is C34H45ClN6O6S2. The molecule has 0 radical (unpaired) electrons. The Hall–Kier alpha value is -3.98. The number of benzene rings is 2.